The molecule has 0 aliphatic carbocycles. The molecule has 144 valence electrons. The summed E-state index contributed by atoms with van der Waals surface area (Å²) in [5, 5.41) is 15.6. The Morgan fingerprint density at radius 1 is 1.19 bits per heavy atom. The van der Waals surface area contributed by atoms with Gasteiger partial charge in [0.25, 0.3) is 0 Å². The average Bonchev–Trinajstić information content (AvgIpc) is 2.57. The number of anilines is 1. The lowest BCUT2D eigenvalue weighted by atomic mass is 10.2. The van der Waals surface area contributed by atoms with Crippen LogP contribution in [0.1, 0.15) is 12.8 Å². The first-order valence-electron chi connectivity index (χ1n) is 8.46. The number of hydrogen-bond acceptors (Lipinski definition) is 5. The summed E-state index contributed by atoms with van der Waals surface area (Å²) in [5.74, 6) is -1.48. The first kappa shape index (κ1) is 20.9. The third-order valence-corrected chi connectivity index (χ3v) is 4.42. The Balaban J connectivity index is 1.75. The summed E-state index contributed by atoms with van der Waals surface area (Å²) < 4.78 is 5.29. The van der Waals surface area contributed by atoms with E-state index in [4.69, 9.17) is 27.9 Å². The standard InChI is InChI=1S/C17H23Cl2N3O4/c18-12-8-13(19)10-14(9-12)21-16(23)11-15(17(24)25)20-2-1-3-22-4-6-26-7-5-22/h8-10,15,20H,1-7,11H2,(H,21,23)(H,24,25)/t15-/m1/s1. The normalized spacial score (nSPS) is 16.2. The van der Waals surface area contributed by atoms with Crippen LogP contribution in [0, 0.1) is 0 Å². The van der Waals surface area contributed by atoms with E-state index >= 15 is 0 Å². The van der Waals surface area contributed by atoms with Crippen molar-refractivity contribution in [2.24, 2.45) is 0 Å². The van der Waals surface area contributed by atoms with Gasteiger partial charge in [0, 0.05) is 28.8 Å². The Labute approximate surface area is 162 Å². The fourth-order valence-electron chi connectivity index (χ4n) is 2.67. The van der Waals surface area contributed by atoms with Crippen molar-refractivity contribution in [2.75, 3.05) is 44.7 Å². The second-order valence-corrected chi connectivity index (χ2v) is 6.94. The maximum Gasteiger partial charge on any atom is 0.321 e. The van der Waals surface area contributed by atoms with Gasteiger partial charge in [0.05, 0.1) is 19.6 Å². The van der Waals surface area contributed by atoms with E-state index in [0.717, 1.165) is 39.3 Å². The highest BCUT2D eigenvalue weighted by Crippen LogP contribution is 2.22. The van der Waals surface area contributed by atoms with E-state index in [1.807, 2.05) is 0 Å². The van der Waals surface area contributed by atoms with Crippen molar-refractivity contribution in [1.82, 2.24) is 10.2 Å². The minimum Gasteiger partial charge on any atom is -0.480 e. The molecule has 0 bridgehead atoms. The van der Waals surface area contributed by atoms with Gasteiger partial charge in [0.2, 0.25) is 5.91 Å². The van der Waals surface area contributed by atoms with Gasteiger partial charge in [-0.2, -0.15) is 0 Å². The molecular formula is C17H23Cl2N3O4. The Kier molecular flexibility index (Phi) is 8.61. The zero-order valence-corrected chi connectivity index (χ0v) is 15.9. The number of morpholine rings is 1. The van der Waals surface area contributed by atoms with Gasteiger partial charge in [-0.25, -0.2) is 0 Å². The van der Waals surface area contributed by atoms with Gasteiger partial charge < -0.3 is 20.5 Å². The largest absolute Gasteiger partial charge is 0.480 e. The number of nitrogens with zero attached hydrogens (tertiary/aromatic N) is 1. The summed E-state index contributed by atoms with van der Waals surface area (Å²) in [6.45, 7) is 4.65. The number of carboxylic acid groups (broad SMARTS) is 1. The fourth-order valence-corrected chi connectivity index (χ4v) is 3.20. The van der Waals surface area contributed by atoms with Crippen LogP contribution in [0.2, 0.25) is 10.0 Å². The summed E-state index contributed by atoms with van der Waals surface area (Å²) in [7, 11) is 0. The van der Waals surface area contributed by atoms with Gasteiger partial charge in [-0.3, -0.25) is 14.5 Å². The second kappa shape index (κ2) is 10.7. The predicted octanol–water partition coefficient (Wildman–Crippen LogP) is 2.09. The lowest BCUT2D eigenvalue weighted by Crippen LogP contribution is -2.42. The number of carboxylic acids is 1. The molecule has 1 aromatic carbocycles. The Bertz CT molecular complexity index is 604. The highest BCUT2D eigenvalue weighted by molar-refractivity contribution is 6.35. The molecule has 0 unspecified atom stereocenters. The van der Waals surface area contributed by atoms with Crippen LogP contribution >= 0.6 is 23.2 Å². The zero-order valence-electron chi connectivity index (χ0n) is 14.3. The molecule has 7 nitrogen and oxygen atoms in total. The molecule has 3 N–H and O–H groups in total. The van der Waals surface area contributed by atoms with Gasteiger partial charge in [-0.05, 0) is 37.7 Å². The minimum atomic E-state index is -1.06. The lowest BCUT2D eigenvalue weighted by molar-refractivity contribution is -0.141. The van der Waals surface area contributed by atoms with Crippen LogP contribution in [0.4, 0.5) is 5.69 Å². The molecule has 1 aromatic rings. The van der Waals surface area contributed by atoms with Crippen molar-refractivity contribution < 1.29 is 19.4 Å². The molecule has 1 aliphatic rings. The lowest BCUT2D eigenvalue weighted by Gasteiger charge is -2.26. The highest BCUT2D eigenvalue weighted by Gasteiger charge is 2.21. The Hall–Kier alpha value is -1.38. The van der Waals surface area contributed by atoms with Crippen LogP contribution in [0.15, 0.2) is 18.2 Å². The van der Waals surface area contributed by atoms with Crippen molar-refractivity contribution in [1.29, 1.82) is 0 Å². The van der Waals surface area contributed by atoms with Gasteiger partial charge in [-0.1, -0.05) is 23.2 Å². The number of aliphatic carboxylic acids is 1. The quantitative estimate of drug-likeness (QED) is 0.546. The molecule has 0 aromatic heterocycles. The molecule has 1 amide bonds. The monoisotopic (exact) mass is 403 g/mol. The van der Waals surface area contributed by atoms with Crippen molar-refractivity contribution in [3.8, 4) is 0 Å². The van der Waals surface area contributed by atoms with E-state index in [1.54, 1.807) is 18.2 Å². The molecule has 1 atom stereocenters. The average molecular weight is 404 g/mol. The maximum absolute atomic E-state index is 12.1. The van der Waals surface area contributed by atoms with Gasteiger partial charge in [0.1, 0.15) is 6.04 Å². The molecule has 1 heterocycles. The van der Waals surface area contributed by atoms with E-state index in [9.17, 15) is 14.7 Å². The van der Waals surface area contributed by atoms with Gasteiger partial charge in [-0.15, -0.1) is 0 Å². The number of rotatable bonds is 9. The molecule has 26 heavy (non-hydrogen) atoms. The number of carbonyl (C=O) groups excluding carboxylic acids is 1. The van der Waals surface area contributed by atoms with Crippen LogP contribution in [-0.4, -0.2) is 67.3 Å². The Morgan fingerprint density at radius 3 is 2.46 bits per heavy atom. The number of amides is 1. The number of carbonyl (C=O) groups is 2. The van der Waals surface area contributed by atoms with E-state index < -0.39 is 17.9 Å². The van der Waals surface area contributed by atoms with Crippen molar-refractivity contribution >= 4 is 40.8 Å². The molecule has 1 aliphatic heterocycles. The minimum absolute atomic E-state index is 0.184. The number of halogens is 2. The first-order chi connectivity index (χ1) is 12.4. The van der Waals surface area contributed by atoms with Crippen molar-refractivity contribution in [3.05, 3.63) is 28.2 Å². The molecule has 9 heteroatoms. The van der Waals surface area contributed by atoms with Crippen LogP contribution in [0.25, 0.3) is 0 Å². The summed E-state index contributed by atoms with van der Waals surface area (Å²) in [6, 6.07) is 3.71. The van der Waals surface area contributed by atoms with Crippen molar-refractivity contribution in [3.63, 3.8) is 0 Å². The number of ether oxygens (including phenoxy) is 1. The molecule has 0 saturated carbocycles. The molecule has 1 saturated heterocycles. The molecule has 2 rings (SSSR count). The van der Waals surface area contributed by atoms with Crippen LogP contribution in [0.5, 0.6) is 0 Å². The van der Waals surface area contributed by atoms with E-state index in [2.05, 4.69) is 15.5 Å². The fraction of sp³-hybridized carbons (Fsp3) is 0.529. The molecular weight excluding hydrogens is 381 g/mol. The summed E-state index contributed by atoms with van der Waals surface area (Å²) >= 11 is 11.8. The first-order valence-corrected chi connectivity index (χ1v) is 9.22. The van der Waals surface area contributed by atoms with Gasteiger partial charge >= 0.3 is 5.97 Å². The highest BCUT2D eigenvalue weighted by atomic mass is 35.5. The number of nitrogens with one attached hydrogen (secondary N) is 2. The zero-order chi connectivity index (χ0) is 18.9. The maximum atomic E-state index is 12.1. The number of hydrogen-bond donors (Lipinski definition) is 3. The van der Waals surface area contributed by atoms with Gasteiger partial charge in [0.15, 0.2) is 0 Å². The van der Waals surface area contributed by atoms with E-state index in [1.165, 1.54) is 0 Å². The van der Waals surface area contributed by atoms with Crippen LogP contribution in [0.3, 0.4) is 0 Å². The third kappa shape index (κ3) is 7.47. The summed E-state index contributed by atoms with van der Waals surface area (Å²) in [6.07, 6.45) is 0.617. The number of benzene rings is 1. The summed E-state index contributed by atoms with van der Waals surface area (Å²) in [4.78, 5) is 25.8. The molecule has 1 fully saturated rings. The predicted molar refractivity (Wildman–Crippen MR) is 101 cm³/mol. The molecule has 0 spiro atoms. The Morgan fingerprint density at radius 2 is 1.85 bits per heavy atom. The molecule has 0 radical (unpaired) electrons. The third-order valence-electron chi connectivity index (χ3n) is 3.98. The summed E-state index contributed by atoms with van der Waals surface area (Å²) in [5.41, 5.74) is 0.434. The van der Waals surface area contributed by atoms with Crippen LogP contribution < -0.4 is 10.6 Å². The smallest absolute Gasteiger partial charge is 0.321 e. The van der Waals surface area contributed by atoms with Crippen LogP contribution in [-0.2, 0) is 14.3 Å². The SMILES string of the molecule is O=C(C[C@@H](NCCCN1CCOCC1)C(=O)O)Nc1cc(Cl)cc(Cl)c1. The topological polar surface area (TPSA) is 90.9 Å². The van der Waals surface area contributed by atoms with E-state index in [0.29, 0.717) is 22.3 Å². The van der Waals surface area contributed by atoms with E-state index in [-0.39, 0.29) is 6.42 Å². The second-order valence-electron chi connectivity index (χ2n) is 6.06. The van der Waals surface area contributed by atoms with Crippen molar-refractivity contribution in [2.45, 2.75) is 18.9 Å².